The van der Waals surface area contributed by atoms with Gasteiger partial charge in [-0.25, -0.2) is 5.84 Å². The lowest BCUT2D eigenvalue weighted by Crippen LogP contribution is -2.34. The predicted octanol–water partition coefficient (Wildman–Crippen LogP) is 4.17. The molecule has 2 aliphatic heterocycles. The number of anilines is 1. The average Bonchev–Trinajstić information content (AvgIpc) is 3.34. The Morgan fingerprint density at radius 1 is 1.00 bits per heavy atom. The summed E-state index contributed by atoms with van der Waals surface area (Å²) < 4.78 is 6.19. The highest BCUT2D eigenvalue weighted by Gasteiger charge is 2.26. The van der Waals surface area contributed by atoms with E-state index < -0.39 is 0 Å². The Morgan fingerprint density at radius 2 is 1.79 bits per heavy atom. The van der Waals surface area contributed by atoms with E-state index in [1.54, 1.807) is 23.9 Å². The molecule has 3 N–H and O–H groups in total. The molecule has 2 aromatic carbocycles. The van der Waals surface area contributed by atoms with Crippen LogP contribution in [0.15, 0.2) is 63.9 Å². The molecule has 5 rings (SSSR count). The molecule has 2 amide bonds. The molecule has 0 saturated carbocycles. The zero-order valence-electron chi connectivity index (χ0n) is 19.0. The van der Waals surface area contributed by atoms with Gasteiger partial charge in [-0.3, -0.25) is 19.9 Å². The van der Waals surface area contributed by atoms with Crippen LogP contribution in [-0.2, 0) is 17.9 Å². The van der Waals surface area contributed by atoms with Gasteiger partial charge in [0, 0.05) is 16.0 Å². The van der Waals surface area contributed by atoms with Gasteiger partial charge < -0.3 is 9.32 Å². The summed E-state index contributed by atoms with van der Waals surface area (Å²) in [5.41, 5.74) is 5.39. The van der Waals surface area contributed by atoms with E-state index in [0.29, 0.717) is 17.9 Å². The van der Waals surface area contributed by atoms with Crippen LogP contribution >= 0.6 is 11.8 Å². The zero-order valence-corrected chi connectivity index (χ0v) is 19.8. The number of fused-ring (bicyclic) bond motifs is 1. The Kier molecular flexibility index (Phi) is 6.71. The fraction of sp³-hybridized carbons (Fsp3) is 0.308. The van der Waals surface area contributed by atoms with Crippen LogP contribution < -0.4 is 16.2 Å². The molecule has 176 valence electrons. The topological polar surface area (TPSA) is 91.8 Å². The molecule has 0 atom stereocenters. The smallest absolute Gasteiger partial charge is 0.265 e. The number of likely N-dealkylation sites (tertiary alicyclic amines) is 1. The van der Waals surface area contributed by atoms with Gasteiger partial charge in [-0.2, -0.15) is 0 Å². The van der Waals surface area contributed by atoms with Crippen molar-refractivity contribution in [3.8, 4) is 11.3 Å². The molecule has 0 spiro atoms. The highest BCUT2D eigenvalue weighted by atomic mass is 32.2. The Bertz CT molecular complexity index is 1190. The normalized spacial score (nSPS) is 16.4. The fourth-order valence-corrected chi connectivity index (χ4v) is 5.43. The summed E-state index contributed by atoms with van der Waals surface area (Å²) in [4.78, 5) is 29.9. The second-order valence-corrected chi connectivity index (χ2v) is 9.74. The van der Waals surface area contributed by atoms with Gasteiger partial charge in [0.15, 0.2) is 0 Å². The van der Waals surface area contributed by atoms with Crippen LogP contribution in [0.2, 0.25) is 0 Å². The summed E-state index contributed by atoms with van der Waals surface area (Å²) in [5.74, 6) is 7.11. The van der Waals surface area contributed by atoms with Crippen LogP contribution in [0.4, 0.5) is 5.69 Å². The lowest BCUT2D eigenvalue weighted by molar-refractivity contribution is -0.116. The molecule has 34 heavy (non-hydrogen) atoms. The van der Waals surface area contributed by atoms with Gasteiger partial charge in [-0.1, -0.05) is 18.6 Å². The van der Waals surface area contributed by atoms with Crippen LogP contribution in [-0.4, -0.2) is 35.6 Å². The summed E-state index contributed by atoms with van der Waals surface area (Å²) in [7, 11) is 0. The predicted molar refractivity (Wildman–Crippen MR) is 133 cm³/mol. The average molecular weight is 477 g/mol. The van der Waals surface area contributed by atoms with E-state index in [-0.39, 0.29) is 11.8 Å². The molecule has 8 heteroatoms. The lowest BCUT2D eigenvalue weighted by atomic mass is 10.1. The molecule has 7 nitrogen and oxygen atoms in total. The third kappa shape index (κ3) is 4.89. The third-order valence-electron chi connectivity index (χ3n) is 6.36. The number of amides is 2. The molecule has 0 radical (unpaired) electrons. The van der Waals surface area contributed by atoms with Crippen LogP contribution in [0.5, 0.6) is 0 Å². The Hall–Kier alpha value is -3.07. The first kappa shape index (κ1) is 22.7. The van der Waals surface area contributed by atoms with Gasteiger partial charge in [0.05, 0.1) is 24.5 Å². The first-order valence-electron chi connectivity index (χ1n) is 11.6. The minimum atomic E-state index is -0.343. The van der Waals surface area contributed by atoms with Crippen molar-refractivity contribution in [3.63, 3.8) is 0 Å². The van der Waals surface area contributed by atoms with Crippen molar-refractivity contribution in [3.05, 3.63) is 71.5 Å². The molecule has 2 aliphatic rings. The summed E-state index contributed by atoms with van der Waals surface area (Å²) >= 11 is 1.56. The molecular formula is C26H28N4O3S. The number of carbonyl (C=O) groups is 2. The van der Waals surface area contributed by atoms with Crippen LogP contribution in [0.3, 0.4) is 0 Å². The quantitative estimate of drug-likeness (QED) is 0.315. The van der Waals surface area contributed by atoms with Crippen molar-refractivity contribution in [1.82, 2.24) is 10.3 Å². The Balaban J connectivity index is 1.36. The lowest BCUT2D eigenvalue weighted by Gasteiger charge is -2.29. The number of carbonyl (C=O) groups excluding carboxylic acids is 2. The molecule has 1 fully saturated rings. The second kappa shape index (κ2) is 10.0. The van der Waals surface area contributed by atoms with Crippen molar-refractivity contribution >= 4 is 29.3 Å². The summed E-state index contributed by atoms with van der Waals surface area (Å²) in [6.45, 7) is 3.52. The summed E-state index contributed by atoms with van der Waals surface area (Å²) in [5, 5.41) is 0. The van der Waals surface area contributed by atoms with E-state index >= 15 is 0 Å². The minimum absolute atomic E-state index is 0.0589. The third-order valence-corrected chi connectivity index (χ3v) is 7.41. The minimum Gasteiger partial charge on any atom is -0.460 e. The van der Waals surface area contributed by atoms with Crippen molar-refractivity contribution < 1.29 is 14.0 Å². The maximum Gasteiger partial charge on any atom is 0.265 e. The highest BCUT2D eigenvalue weighted by molar-refractivity contribution is 8.00. The van der Waals surface area contributed by atoms with E-state index in [0.717, 1.165) is 52.9 Å². The van der Waals surface area contributed by atoms with E-state index in [4.69, 9.17) is 10.3 Å². The number of piperidine rings is 1. The second-order valence-electron chi connectivity index (χ2n) is 8.72. The molecule has 0 aliphatic carbocycles. The number of nitrogen functional groups attached to an aromatic ring is 1. The number of benzene rings is 2. The molecule has 3 aromatic rings. The standard InChI is InChI=1S/C26H28N4O3S/c27-28-26(32)19-6-4-18(5-7-19)15-30-22-14-20(8-11-24(22)34-17-25(30)31)23-10-9-21(33-23)16-29-12-2-1-3-13-29/h4-11,14H,1-3,12-13,15-17,27H2,(H,28,32). The van der Waals surface area contributed by atoms with Gasteiger partial charge in [-0.05, 0) is 74.0 Å². The largest absolute Gasteiger partial charge is 0.460 e. The number of nitrogens with zero attached hydrogens (tertiary/aromatic N) is 2. The first-order chi connectivity index (χ1) is 16.6. The van der Waals surface area contributed by atoms with Crippen molar-refractivity contribution in [2.24, 2.45) is 5.84 Å². The number of nitrogens with one attached hydrogen (secondary N) is 1. The van der Waals surface area contributed by atoms with E-state index in [1.165, 1.54) is 19.3 Å². The van der Waals surface area contributed by atoms with Crippen molar-refractivity contribution in [2.75, 3.05) is 23.7 Å². The number of rotatable bonds is 6. The number of hydrazine groups is 1. The van der Waals surface area contributed by atoms with E-state index in [1.807, 2.05) is 29.2 Å². The van der Waals surface area contributed by atoms with Crippen LogP contribution in [0.25, 0.3) is 11.3 Å². The molecule has 0 unspecified atom stereocenters. The number of hydrogen-bond acceptors (Lipinski definition) is 6. The number of thioether (sulfide) groups is 1. The monoisotopic (exact) mass is 476 g/mol. The van der Waals surface area contributed by atoms with Crippen molar-refractivity contribution in [2.45, 2.75) is 37.2 Å². The van der Waals surface area contributed by atoms with Crippen molar-refractivity contribution in [1.29, 1.82) is 0 Å². The number of hydrogen-bond donors (Lipinski definition) is 2. The number of nitrogens with two attached hydrogens (primary N) is 1. The molecule has 0 bridgehead atoms. The van der Waals surface area contributed by atoms with Gasteiger partial charge in [0.25, 0.3) is 5.91 Å². The fourth-order valence-electron chi connectivity index (χ4n) is 4.51. The Morgan fingerprint density at radius 3 is 2.56 bits per heavy atom. The Labute approximate surface area is 203 Å². The van der Waals surface area contributed by atoms with Gasteiger partial charge >= 0.3 is 0 Å². The SMILES string of the molecule is NNC(=O)c1ccc(CN2C(=O)CSc3ccc(-c4ccc(CN5CCCCC5)o4)cc32)cc1. The highest BCUT2D eigenvalue weighted by Crippen LogP contribution is 2.39. The van der Waals surface area contributed by atoms with Crippen LogP contribution in [0.1, 0.15) is 40.9 Å². The zero-order chi connectivity index (χ0) is 23.5. The summed E-state index contributed by atoms with van der Waals surface area (Å²) in [6.07, 6.45) is 3.82. The van der Waals surface area contributed by atoms with Crippen LogP contribution in [0, 0.1) is 0 Å². The molecule has 1 aromatic heterocycles. The summed E-state index contributed by atoms with van der Waals surface area (Å²) in [6, 6.07) is 17.4. The maximum atomic E-state index is 12.9. The van der Waals surface area contributed by atoms with E-state index in [9.17, 15) is 9.59 Å². The van der Waals surface area contributed by atoms with Gasteiger partial charge in [0.2, 0.25) is 5.91 Å². The molecular weight excluding hydrogens is 448 g/mol. The van der Waals surface area contributed by atoms with E-state index in [2.05, 4.69) is 28.5 Å². The van der Waals surface area contributed by atoms with Gasteiger partial charge in [-0.15, -0.1) is 11.8 Å². The maximum absolute atomic E-state index is 12.9. The number of furan rings is 1. The van der Waals surface area contributed by atoms with Gasteiger partial charge in [0.1, 0.15) is 11.5 Å². The first-order valence-corrected chi connectivity index (χ1v) is 12.6. The molecule has 1 saturated heterocycles. The molecule has 3 heterocycles.